The highest BCUT2D eigenvalue weighted by molar-refractivity contribution is 7.99. The van der Waals surface area contributed by atoms with Gasteiger partial charge in [0.1, 0.15) is 0 Å². The van der Waals surface area contributed by atoms with Crippen molar-refractivity contribution in [2.75, 3.05) is 12.3 Å². The standard InChI is InChI=1S/C20H26N2OS/c1-2-3-15-22-20(23)14-13-18(16-9-5-4-6-10-16)24-19-12-8-7-11-17(19)21/h4-12,18H,2-3,13-15,21H2,1H3,(H,22,23). The first-order valence-corrected chi connectivity index (χ1v) is 9.41. The van der Waals surface area contributed by atoms with Gasteiger partial charge in [-0.15, -0.1) is 11.8 Å². The van der Waals surface area contributed by atoms with Crippen LogP contribution in [0.4, 0.5) is 5.69 Å². The summed E-state index contributed by atoms with van der Waals surface area (Å²) in [5.74, 6) is 0.131. The Kier molecular flexibility index (Phi) is 7.69. The van der Waals surface area contributed by atoms with Gasteiger partial charge in [-0.2, -0.15) is 0 Å². The summed E-state index contributed by atoms with van der Waals surface area (Å²) < 4.78 is 0. The summed E-state index contributed by atoms with van der Waals surface area (Å²) in [6, 6.07) is 18.2. The van der Waals surface area contributed by atoms with Gasteiger partial charge in [0.05, 0.1) is 0 Å². The van der Waals surface area contributed by atoms with Crippen LogP contribution in [0.1, 0.15) is 43.4 Å². The van der Waals surface area contributed by atoms with Crippen LogP contribution in [-0.4, -0.2) is 12.5 Å². The Morgan fingerprint density at radius 2 is 1.83 bits per heavy atom. The Morgan fingerprint density at radius 3 is 2.54 bits per heavy atom. The Balaban J connectivity index is 2.01. The molecule has 2 aromatic rings. The average molecular weight is 343 g/mol. The quantitative estimate of drug-likeness (QED) is 0.391. The van der Waals surface area contributed by atoms with Gasteiger partial charge in [-0.3, -0.25) is 4.79 Å². The maximum atomic E-state index is 12.0. The van der Waals surface area contributed by atoms with Crippen LogP contribution in [0.15, 0.2) is 59.5 Å². The number of hydrogen-bond donors (Lipinski definition) is 2. The van der Waals surface area contributed by atoms with Gasteiger partial charge in [0.15, 0.2) is 0 Å². The fourth-order valence-corrected chi connectivity index (χ4v) is 3.65. The number of hydrogen-bond acceptors (Lipinski definition) is 3. The van der Waals surface area contributed by atoms with Gasteiger partial charge in [-0.05, 0) is 30.5 Å². The summed E-state index contributed by atoms with van der Waals surface area (Å²) in [6.07, 6.45) is 3.45. The predicted octanol–water partition coefficient (Wildman–Crippen LogP) is 4.80. The number of anilines is 1. The summed E-state index contributed by atoms with van der Waals surface area (Å²) in [5.41, 5.74) is 8.10. The topological polar surface area (TPSA) is 55.1 Å². The number of nitrogen functional groups attached to an aromatic ring is 1. The third-order valence-electron chi connectivity index (χ3n) is 3.85. The summed E-state index contributed by atoms with van der Waals surface area (Å²) in [5, 5.41) is 3.21. The second kappa shape index (κ2) is 10.0. The molecular weight excluding hydrogens is 316 g/mol. The molecule has 0 aliphatic heterocycles. The molecule has 128 valence electrons. The van der Waals surface area contributed by atoms with Crippen molar-refractivity contribution in [3.8, 4) is 0 Å². The molecule has 0 saturated heterocycles. The first kappa shape index (κ1) is 18.4. The highest BCUT2D eigenvalue weighted by atomic mass is 32.2. The van der Waals surface area contributed by atoms with Crippen LogP contribution in [0.5, 0.6) is 0 Å². The number of unbranched alkanes of at least 4 members (excludes halogenated alkanes) is 1. The second-order valence-corrected chi connectivity index (χ2v) is 7.04. The SMILES string of the molecule is CCCCNC(=O)CCC(Sc1ccccc1N)c1ccccc1. The molecule has 0 aromatic heterocycles. The molecule has 0 radical (unpaired) electrons. The monoisotopic (exact) mass is 342 g/mol. The number of para-hydroxylation sites is 1. The zero-order valence-corrected chi connectivity index (χ0v) is 15.0. The number of benzene rings is 2. The Bertz CT molecular complexity index is 631. The molecule has 3 N–H and O–H groups in total. The minimum Gasteiger partial charge on any atom is -0.398 e. The van der Waals surface area contributed by atoms with Gasteiger partial charge < -0.3 is 11.1 Å². The molecule has 0 aliphatic rings. The maximum Gasteiger partial charge on any atom is 0.220 e. The smallest absolute Gasteiger partial charge is 0.220 e. The van der Waals surface area contributed by atoms with E-state index in [-0.39, 0.29) is 11.2 Å². The van der Waals surface area contributed by atoms with E-state index in [1.165, 1.54) is 5.56 Å². The number of thioether (sulfide) groups is 1. The lowest BCUT2D eigenvalue weighted by molar-refractivity contribution is -0.121. The molecule has 2 rings (SSSR count). The van der Waals surface area contributed by atoms with Crippen molar-refractivity contribution in [3.05, 3.63) is 60.2 Å². The Morgan fingerprint density at radius 1 is 1.12 bits per heavy atom. The van der Waals surface area contributed by atoms with Gasteiger partial charge in [0.25, 0.3) is 0 Å². The van der Waals surface area contributed by atoms with Crippen LogP contribution < -0.4 is 11.1 Å². The zero-order valence-electron chi connectivity index (χ0n) is 14.2. The number of nitrogens with two attached hydrogens (primary N) is 1. The highest BCUT2D eigenvalue weighted by Crippen LogP contribution is 2.40. The number of carbonyl (C=O) groups excluding carboxylic acids is 1. The van der Waals surface area contributed by atoms with E-state index in [1.54, 1.807) is 11.8 Å². The van der Waals surface area contributed by atoms with E-state index in [0.29, 0.717) is 6.42 Å². The van der Waals surface area contributed by atoms with E-state index >= 15 is 0 Å². The van der Waals surface area contributed by atoms with Crippen molar-refractivity contribution in [1.82, 2.24) is 5.32 Å². The lowest BCUT2D eigenvalue weighted by Gasteiger charge is -2.18. The van der Waals surface area contributed by atoms with Crippen molar-refractivity contribution in [2.24, 2.45) is 0 Å². The van der Waals surface area contributed by atoms with Crippen LogP contribution in [0, 0.1) is 0 Å². The minimum atomic E-state index is 0.131. The van der Waals surface area contributed by atoms with Gasteiger partial charge in [0.2, 0.25) is 5.91 Å². The molecule has 0 fully saturated rings. The molecule has 0 aliphatic carbocycles. The number of carbonyl (C=O) groups is 1. The molecule has 4 heteroatoms. The van der Waals surface area contributed by atoms with Gasteiger partial charge in [0, 0.05) is 28.8 Å². The molecule has 1 unspecified atom stereocenters. The molecule has 3 nitrogen and oxygen atoms in total. The summed E-state index contributed by atoms with van der Waals surface area (Å²) in [7, 11) is 0. The largest absolute Gasteiger partial charge is 0.398 e. The van der Waals surface area contributed by atoms with Crippen molar-refractivity contribution in [3.63, 3.8) is 0 Å². The Hall–Kier alpha value is -1.94. The molecule has 0 bridgehead atoms. The molecule has 1 amide bonds. The molecular formula is C20H26N2OS. The Labute approximate surface area is 149 Å². The average Bonchev–Trinajstić information content (AvgIpc) is 2.61. The lowest BCUT2D eigenvalue weighted by atomic mass is 10.1. The fraction of sp³-hybridized carbons (Fsp3) is 0.350. The van der Waals surface area contributed by atoms with E-state index in [2.05, 4.69) is 24.4 Å². The number of amides is 1. The molecule has 0 heterocycles. The van der Waals surface area contributed by atoms with Crippen molar-refractivity contribution in [1.29, 1.82) is 0 Å². The minimum absolute atomic E-state index is 0.131. The molecule has 24 heavy (non-hydrogen) atoms. The molecule has 0 saturated carbocycles. The van der Waals surface area contributed by atoms with Crippen molar-refractivity contribution >= 4 is 23.4 Å². The number of nitrogens with one attached hydrogen (secondary N) is 1. The van der Waals surface area contributed by atoms with E-state index in [0.717, 1.165) is 36.4 Å². The predicted molar refractivity (Wildman–Crippen MR) is 103 cm³/mol. The van der Waals surface area contributed by atoms with E-state index in [9.17, 15) is 4.79 Å². The third kappa shape index (κ3) is 5.93. The lowest BCUT2D eigenvalue weighted by Crippen LogP contribution is -2.24. The highest BCUT2D eigenvalue weighted by Gasteiger charge is 2.16. The van der Waals surface area contributed by atoms with Crippen molar-refractivity contribution in [2.45, 2.75) is 42.8 Å². The maximum absolute atomic E-state index is 12.0. The molecule has 2 aromatic carbocycles. The fourth-order valence-electron chi connectivity index (χ4n) is 2.46. The van der Waals surface area contributed by atoms with Crippen LogP contribution in [0.25, 0.3) is 0 Å². The summed E-state index contributed by atoms with van der Waals surface area (Å²) >= 11 is 1.73. The van der Waals surface area contributed by atoms with Crippen LogP contribution in [0.2, 0.25) is 0 Å². The van der Waals surface area contributed by atoms with Gasteiger partial charge in [-0.25, -0.2) is 0 Å². The first-order valence-electron chi connectivity index (χ1n) is 8.53. The second-order valence-electron chi connectivity index (χ2n) is 5.80. The van der Waals surface area contributed by atoms with Gasteiger partial charge in [-0.1, -0.05) is 55.8 Å². The zero-order chi connectivity index (χ0) is 17.2. The van der Waals surface area contributed by atoms with Crippen molar-refractivity contribution < 1.29 is 4.79 Å². The van der Waals surface area contributed by atoms with Crippen LogP contribution in [0.3, 0.4) is 0 Å². The molecule has 0 spiro atoms. The normalized spacial score (nSPS) is 11.9. The van der Waals surface area contributed by atoms with E-state index < -0.39 is 0 Å². The summed E-state index contributed by atoms with van der Waals surface area (Å²) in [6.45, 7) is 2.89. The van der Waals surface area contributed by atoms with Crippen LogP contribution in [-0.2, 0) is 4.79 Å². The van der Waals surface area contributed by atoms with E-state index in [4.69, 9.17) is 5.73 Å². The third-order valence-corrected chi connectivity index (χ3v) is 5.26. The number of rotatable bonds is 9. The molecule has 1 atom stereocenters. The first-order chi connectivity index (χ1) is 11.7. The van der Waals surface area contributed by atoms with Gasteiger partial charge >= 0.3 is 0 Å². The van der Waals surface area contributed by atoms with E-state index in [1.807, 2.05) is 42.5 Å². The summed E-state index contributed by atoms with van der Waals surface area (Å²) in [4.78, 5) is 13.1. The van der Waals surface area contributed by atoms with Crippen LogP contribution >= 0.6 is 11.8 Å².